The summed E-state index contributed by atoms with van der Waals surface area (Å²) in [6, 6.07) is 8.67. The number of hydrogen-bond donors (Lipinski definition) is 2. The van der Waals surface area contributed by atoms with Crippen LogP contribution in [-0.2, 0) is 9.84 Å². The van der Waals surface area contributed by atoms with E-state index in [2.05, 4.69) is 5.32 Å². The van der Waals surface area contributed by atoms with Crippen molar-refractivity contribution in [1.82, 2.24) is 5.32 Å². The average Bonchev–Trinajstić information content (AvgIpc) is 2.67. The highest BCUT2D eigenvalue weighted by atomic mass is 35.5. The molecule has 2 N–H and O–H groups in total. The number of carbonyl (C=O) groups excluding carboxylic acids is 1. The van der Waals surface area contributed by atoms with Gasteiger partial charge in [-0.15, -0.1) is 0 Å². The molecule has 0 atom stereocenters. The number of sulfone groups is 1. The summed E-state index contributed by atoms with van der Waals surface area (Å²) in [6.07, 6.45) is 2.25. The molecule has 1 amide bonds. The first-order valence-electron chi connectivity index (χ1n) is 9.14. The Morgan fingerprint density at radius 1 is 1.10 bits per heavy atom. The number of piperidine rings is 1. The van der Waals surface area contributed by atoms with Gasteiger partial charge in [-0.25, -0.2) is 13.2 Å². The lowest BCUT2D eigenvalue weighted by molar-refractivity contribution is 0.0696. The molecule has 0 bridgehead atoms. The van der Waals surface area contributed by atoms with Gasteiger partial charge in [-0.2, -0.15) is 0 Å². The topological polar surface area (TPSA) is 104 Å². The van der Waals surface area contributed by atoms with Crippen molar-refractivity contribution >= 4 is 50.6 Å². The number of rotatable bonds is 5. The Kier molecular flexibility index (Phi) is 6.59. The molecule has 1 aliphatic rings. The van der Waals surface area contributed by atoms with Crippen molar-refractivity contribution < 1.29 is 23.1 Å². The van der Waals surface area contributed by atoms with Gasteiger partial charge >= 0.3 is 5.97 Å². The zero-order valence-corrected chi connectivity index (χ0v) is 18.4. The van der Waals surface area contributed by atoms with Crippen LogP contribution in [0.1, 0.15) is 33.6 Å². The first-order chi connectivity index (χ1) is 14.1. The van der Waals surface area contributed by atoms with Crippen LogP contribution in [0.3, 0.4) is 0 Å². The Morgan fingerprint density at radius 2 is 1.77 bits per heavy atom. The van der Waals surface area contributed by atoms with Gasteiger partial charge in [0.05, 0.1) is 26.7 Å². The molecule has 0 unspecified atom stereocenters. The molecule has 30 heavy (non-hydrogen) atoms. The van der Waals surface area contributed by atoms with Crippen molar-refractivity contribution in [2.24, 2.45) is 0 Å². The lowest BCUT2D eigenvalue weighted by Crippen LogP contribution is -2.45. The van der Waals surface area contributed by atoms with E-state index in [-0.39, 0.29) is 27.4 Å². The number of carboxylic acid groups (broad SMARTS) is 1. The van der Waals surface area contributed by atoms with Gasteiger partial charge in [0.1, 0.15) is 0 Å². The summed E-state index contributed by atoms with van der Waals surface area (Å²) in [6.45, 7) is 1.02. The quantitative estimate of drug-likeness (QED) is 0.692. The molecule has 1 heterocycles. The molecule has 2 aromatic carbocycles. The first-order valence-corrected chi connectivity index (χ1v) is 11.8. The average molecular weight is 471 g/mol. The third-order valence-corrected chi connectivity index (χ3v) is 6.63. The second-order valence-corrected chi connectivity index (χ2v) is 9.95. The maximum absolute atomic E-state index is 12.5. The van der Waals surface area contributed by atoms with E-state index in [1.807, 2.05) is 4.90 Å². The lowest BCUT2D eigenvalue weighted by Gasteiger charge is -2.35. The molecule has 0 saturated carbocycles. The summed E-state index contributed by atoms with van der Waals surface area (Å²) in [5, 5.41) is 12.8. The molecule has 160 valence electrons. The van der Waals surface area contributed by atoms with Gasteiger partial charge in [-0.1, -0.05) is 23.2 Å². The third kappa shape index (κ3) is 5.06. The van der Waals surface area contributed by atoms with Crippen molar-refractivity contribution in [3.63, 3.8) is 0 Å². The maximum Gasteiger partial charge on any atom is 0.335 e. The van der Waals surface area contributed by atoms with Gasteiger partial charge < -0.3 is 15.3 Å². The van der Waals surface area contributed by atoms with Crippen molar-refractivity contribution in [1.29, 1.82) is 0 Å². The molecule has 1 saturated heterocycles. The maximum atomic E-state index is 12.5. The number of anilines is 1. The predicted molar refractivity (Wildman–Crippen MR) is 116 cm³/mol. The minimum Gasteiger partial charge on any atom is -0.478 e. The van der Waals surface area contributed by atoms with E-state index in [1.165, 1.54) is 24.3 Å². The van der Waals surface area contributed by atoms with Crippen molar-refractivity contribution in [3.8, 4) is 0 Å². The van der Waals surface area contributed by atoms with E-state index < -0.39 is 15.8 Å². The molecule has 1 aliphatic heterocycles. The van der Waals surface area contributed by atoms with E-state index in [1.54, 1.807) is 12.1 Å². The summed E-state index contributed by atoms with van der Waals surface area (Å²) in [7, 11) is -3.62. The van der Waals surface area contributed by atoms with Crippen LogP contribution in [0.25, 0.3) is 0 Å². The van der Waals surface area contributed by atoms with Crippen LogP contribution in [0.2, 0.25) is 10.0 Å². The van der Waals surface area contributed by atoms with Crippen LogP contribution < -0.4 is 10.2 Å². The Bertz CT molecular complexity index is 1100. The Labute approximate surface area is 184 Å². The number of amides is 1. The SMILES string of the molecule is CS(=O)(=O)c1cc(C(=O)O)ccc1N1CCC(NC(=O)c2ccc(Cl)cc2Cl)CC1. The first kappa shape index (κ1) is 22.4. The molecule has 7 nitrogen and oxygen atoms in total. The Morgan fingerprint density at radius 3 is 2.33 bits per heavy atom. The van der Waals surface area contributed by atoms with Gasteiger partial charge in [0, 0.05) is 30.4 Å². The number of carboxylic acids is 1. The van der Waals surface area contributed by atoms with Crippen LogP contribution >= 0.6 is 23.2 Å². The smallest absolute Gasteiger partial charge is 0.335 e. The van der Waals surface area contributed by atoms with Crippen molar-refractivity contribution in [2.75, 3.05) is 24.2 Å². The fourth-order valence-corrected chi connectivity index (χ4v) is 4.82. The molecule has 0 aliphatic carbocycles. The number of aromatic carboxylic acids is 1. The number of carbonyl (C=O) groups is 2. The van der Waals surface area contributed by atoms with Gasteiger partial charge in [0.25, 0.3) is 5.91 Å². The minimum atomic E-state index is -3.62. The highest BCUT2D eigenvalue weighted by Crippen LogP contribution is 2.29. The van der Waals surface area contributed by atoms with Crippen LogP contribution in [0, 0.1) is 0 Å². The van der Waals surface area contributed by atoms with E-state index in [9.17, 15) is 18.0 Å². The van der Waals surface area contributed by atoms with E-state index in [0.29, 0.717) is 42.2 Å². The monoisotopic (exact) mass is 470 g/mol. The summed E-state index contributed by atoms with van der Waals surface area (Å²) in [4.78, 5) is 25.6. The largest absolute Gasteiger partial charge is 0.478 e. The molecule has 10 heteroatoms. The van der Waals surface area contributed by atoms with Gasteiger partial charge in [-0.05, 0) is 49.2 Å². The Balaban J connectivity index is 1.71. The molecule has 0 spiro atoms. The second kappa shape index (κ2) is 8.83. The summed E-state index contributed by atoms with van der Waals surface area (Å²) < 4.78 is 24.4. The lowest BCUT2D eigenvalue weighted by atomic mass is 10.0. The van der Waals surface area contributed by atoms with E-state index in [4.69, 9.17) is 28.3 Å². The Hall–Kier alpha value is -2.29. The van der Waals surface area contributed by atoms with Crippen LogP contribution in [-0.4, -0.2) is 50.8 Å². The van der Waals surface area contributed by atoms with Crippen molar-refractivity contribution in [2.45, 2.75) is 23.8 Å². The highest BCUT2D eigenvalue weighted by molar-refractivity contribution is 7.90. The zero-order valence-electron chi connectivity index (χ0n) is 16.1. The number of benzene rings is 2. The molecular weight excluding hydrogens is 451 g/mol. The predicted octanol–water partition coefficient (Wildman–Crippen LogP) is 3.49. The fraction of sp³-hybridized carbons (Fsp3) is 0.300. The minimum absolute atomic E-state index is 0.0159. The van der Waals surface area contributed by atoms with Crippen molar-refractivity contribution in [3.05, 3.63) is 57.6 Å². The van der Waals surface area contributed by atoms with Crippen LogP contribution in [0.4, 0.5) is 5.69 Å². The molecule has 1 fully saturated rings. The number of nitrogens with zero attached hydrogens (tertiary/aromatic N) is 1. The molecular formula is C20H20Cl2N2O5S. The molecule has 2 aromatic rings. The molecule has 0 aromatic heterocycles. The van der Waals surface area contributed by atoms with E-state index >= 15 is 0 Å². The summed E-state index contributed by atoms with van der Waals surface area (Å²) >= 11 is 12.0. The zero-order chi connectivity index (χ0) is 22.1. The summed E-state index contributed by atoms with van der Waals surface area (Å²) in [5.74, 6) is -1.48. The summed E-state index contributed by atoms with van der Waals surface area (Å²) in [5.41, 5.74) is 0.723. The number of hydrogen-bond acceptors (Lipinski definition) is 5. The molecule has 3 rings (SSSR count). The van der Waals surface area contributed by atoms with Crippen LogP contribution in [0.5, 0.6) is 0 Å². The van der Waals surface area contributed by atoms with Gasteiger partial charge in [-0.3, -0.25) is 4.79 Å². The highest BCUT2D eigenvalue weighted by Gasteiger charge is 2.26. The van der Waals surface area contributed by atoms with Gasteiger partial charge in [0.15, 0.2) is 9.84 Å². The van der Waals surface area contributed by atoms with Gasteiger partial charge in [0.2, 0.25) is 0 Å². The number of halogens is 2. The molecule has 0 radical (unpaired) electrons. The standard InChI is InChI=1S/C20H20Cl2N2O5S/c1-30(28,29)18-10-12(20(26)27)2-5-17(18)24-8-6-14(7-9-24)23-19(25)15-4-3-13(21)11-16(15)22/h2-5,10-11,14H,6-9H2,1H3,(H,23,25)(H,26,27). The normalized spacial score (nSPS) is 15.1. The van der Waals surface area contributed by atoms with E-state index in [0.717, 1.165) is 6.26 Å². The van der Waals surface area contributed by atoms with Crippen LogP contribution in [0.15, 0.2) is 41.3 Å². The number of nitrogens with one attached hydrogen (secondary N) is 1. The third-order valence-electron chi connectivity index (χ3n) is 4.95. The second-order valence-electron chi connectivity index (χ2n) is 7.12. The fourth-order valence-electron chi connectivity index (χ4n) is 3.41.